The molecule has 0 aliphatic carbocycles. The third-order valence-electron chi connectivity index (χ3n) is 4.74. The second kappa shape index (κ2) is 12.0. The fourth-order valence-corrected chi connectivity index (χ4v) is 4.56. The lowest BCUT2D eigenvalue weighted by atomic mass is 9.94. The van der Waals surface area contributed by atoms with Gasteiger partial charge < -0.3 is 0 Å². The highest BCUT2D eigenvalue weighted by Crippen LogP contribution is 2.24. The van der Waals surface area contributed by atoms with E-state index in [0.29, 0.717) is 0 Å². The molecule has 0 saturated heterocycles. The van der Waals surface area contributed by atoms with Crippen LogP contribution < -0.4 is 5.30 Å². The van der Waals surface area contributed by atoms with E-state index in [1.54, 1.807) is 0 Å². The Morgan fingerprint density at radius 2 is 1.00 bits per heavy atom. The van der Waals surface area contributed by atoms with Gasteiger partial charge in [0.05, 0.1) is 0 Å². The molecule has 0 heterocycles. The van der Waals surface area contributed by atoms with Crippen molar-refractivity contribution in [3.8, 4) is 0 Å². The van der Waals surface area contributed by atoms with Gasteiger partial charge in [-0.2, -0.15) is 0 Å². The Morgan fingerprint density at radius 1 is 0.577 bits per heavy atom. The molecule has 0 aliphatic heterocycles. The summed E-state index contributed by atoms with van der Waals surface area (Å²) in [6.07, 6.45) is 6.27. The van der Waals surface area contributed by atoms with Crippen molar-refractivity contribution in [3.63, 3.8) is 0 Å². The first-order chi connectivity index (χ1) is 12.4. The summed E-state index contributed by atoms with van der Waals surface area (Å²) in [7, 11) is 0.920. The van der Waals surface area contributed by atoms with Gasteiger partial charge in [-0.3, -0.25) is 0 Å². The first kappa shape index (κ1) is 20.9. The van der Waals surface area contributed by atoms with Crippen molar-refractivity contribution in [1.29, 1.82) is 0 Å². The molecular formula is C24H28BrP. The highest BCUT2D eigenvalue weighted by Gasteiger charge is 2.10. The number of hydrogen-bond acceptors (Lipinski definition) is 0. The molecule has 0 fully saturated rings. The van der Waals surface area contributed by atoms with Crippen LogP contribution in [0.3, 0.4) is 0 Å². The van der Waals surface area contributed by atoms with Crippen molar-refractivity contribution in [2.24, 2.45) is 5.92 Å². The van der Waals surface area contributed by atoms with Gasteiger partial charge in [-0.1, -0.05) is 99.6 Å². The molecule has 0 radical (unpaired) electrons. The summed E-state index contributed by atoms with van der Waals surface area (Å²) in [6, 6.07) is 32.8. The Morgan fingerprint density at radius 3 is 1.46 bits per heavy atom. The SMILES string of the molecule is Br.c1ccc(CCC(CCc2ccccc2)CPc2ccccc2)cc1. The van der Waals surface area contributed by atoms with E-state index in [9.17, 15) is 0 Å². The third-order valence-corrected chi connectivity index (χ3v) is 6.26. The van der Waals surface area contributed by atoms with E-state index in [0.717, 1.165) is 14.5 Å². The number of aryl methyl sites for hydroxylation is 2. The molecule has 26 heavy (non-hydrogen) atoms. The lowest BCUT2D eigenvalue weighted by molar-refractivity contribution is 0.500. The molecule has 1 atom stereocenters. The van der Waals surface area contributed by atoms with Crippen molar-refractivity contribution < 1.29 is 0 Å². The first-order valence-electron chi connectivity index (χ1n) is 9.27. The normalized spacial score (nSPS) is 11.0. The monoisotopic (exact) mass is 426 g/mol. The van der Waals surface area contributed by atoms with Gasteiger partial charge in [-0.25, -0.2) is 0 Å². The third kappa shape index (κ3) is 7.44. The first-order valence-corrected chi connectivity index (χ1v) is 10.5. The highest BCUT2D eigenvalue weighted by atomic mass is 79.9. The van der Waals surface area contributed by atoms with Crippen molar-refractivity contribution in [3.05, 3.63) is 102 Å². The summed E-state index contributed by atoms with van der Waals surface area (Å²) >= 11 is 0. The van der Waals surface area contributed by atoms with Crippen LogP contribution >= 0.6 is 25.6 Å². The zero-order valence-corrected chi connectivity index (χ0v) is 17.9. The maximum absolute atomic E-state index is 2.27. The Kier molecular flexibility index (Phi) is 9.67. The molecule has 2 heteroatoms. The Bertz CT molecular complexity index is 610. The molecule has 136 valence electrons. The van der Waals surface area contributed by atoms with E-state index in [2.05, 4.69) is 91.0 Å². The van der Waals surface area contributed by atoms with Crippen LogP contribution in [0.1, 0.15) is 24.0 Å². The van der Waals surface area contributed by atoms with Crippen LogP contribution in [0.4, 0.5) is 0 Å². The summed E-state index contributed by atoms with van der Waals surface area (Å²) in [5.41, 5.74) is 2.94. The van der Waals surface area contributed by atoms with E-state index in [4.69, 9.17) is 0 Å². The zero-order valence-electron chi connectivity index (χ0n) is 15.2. The zero-order chi connectivity index (χ0) is 17.2. The van der Waals surface area contributed by atoms with E-state index in [1.807, 2.05) is 0 Å². The van der Waals surface area contributed by atoms with Crippen molar-refractivity contribution in [2.75, 3.05) is 6.16 Å². The molecule has 3 aromatic rings. The molecule has 3 aromatic carbocycles. The Labute approximate surface area is 170 Å². The Hall–Kier alpha value is -1.43. The number of hydrogen-bond donors (Lipinski definition) is 0. The Balaban J connectivity index is 0.00000243. The van der Waals surface area contributed by atoms with Crippen LogP contribution in [0, 0.1) is 5.92 Å². The number of benzene rings is 3. The molecule has 1 unspecified atom stereocenters. The largest absolute Gasteiger partial charge is 0.114 e. The van der Waals surface area contributed by atoms with Crippen LogP contribution in [0.25, 0.3) is 0 Å². The lowest BCUT2D eigenvalue weighted by Crippen LogP contribution is -2.09. The van der Waals surface area contributed by atoms with Crippen molar-refractivity contribution in [2.45, 2.75) is 25.7 Å². The van der Waals surface area contributed by atoms with Crippen LogP contribution in [0.2, 0.25) is 0 Å². The van der Waals surface area contributed by atoms with Crippen molar-refractivity contribution >= 4 is 30.9 Å². The van der Waals surface area contributed by atoms with Crippen molar-refractivity contribution in [1.82, 2.24) is 0 Å². The van der Waals surface area contributed by atoms with E-state index in [1.165, 1.54) is 48.3 Å². The molecule has 0 aliphatic rings. The minimum Gasteiger partial charge on any atom is -0.114 e. The van der Waals surface area contributed by atoms with Gasteiger partial charge >= 0.3 is 0 Å². The predicted molar refractivity (Wildman–Crippen MR) is 123 cm³/mol. The quantitative estimate of drug-likeness (QED) is 0.344. The second-order valence-corrected chi connectivity index (χ2v) is 8.00. The minimum atomic E-state index is 0. The fraction of sp³-hybridized carbons (Fsp3) is 0.250. The molecule has 0 spiro atoms. The van der Waals surface area contributed by atoms with Crippen LogP contribution in [0.15, 0.2) is 91.0 Å². The van der Waals surface area contributed by atoms with Crippen LogP contribution in [0.5, 0.6) is 0 Å². The molecule has 0 saturated carbocycles. The highest BCUT2D eigenvalue weighted by molar-refractivity contribution is 8.93. The molecule has 3 rings (SSSR count). The maximum atomic E-state index is 2.27. The minimum absolute atomic E-state index is 0. The standard InChI is InChI=1S/C24H27P.BrH/c1-4-10-21(11-5-1)16-18-23(19-17-22-12-6-2-7-13-22)20-25-24-14-8-3-9-15-24;/h1-15,23,25H,16-20H2;1H. The van der Waals surface area contributed by atoms with Gasteiger partial charge in [-0.15, -0.1) is 17.0 Å². The van der Waals surface area contributed by atoms with E-state index < -0.39 is 0 Å². The summed E-state index contributed by atoms with van der Waals surface area (Å²) in [4.78, 5) is 0. The average molecular weight is 427 g/mol. The van der Waals surface area contributed by atoms with Gasteiger partial charge in [0.1, 0.15) is 0 Å². The smallest absolute Gasteiger partial charge is 0.0271 e. The van der Waals surface area contributed by atoms with Gasteiger partial charge in [0, 0.05) is 0 Å². The van der Waals surface area contributed by atoms with Gasteiger partial charge in [0.25, 0.3) is 0 Å². The molecule has 0 aromatic heterocycles. The fourth-order valence-electron chi connectivity index (χ4n) is 3.20. The number of halogens is 1. The molecular weight excluding hydrogens is 399 g/mol. The molecule has 0 nitrogen and oxygen atoms in total. The molecule has 0 N–H and O–H groups in total. The average Bonchev–Trinajstić information content (AvgIpc) is 2.70. The lowest BCUT2D eigenvalue weighted by Gasteiger charge is -2.17. The van der Waals surface area contributed by atoms with E-state index in [-0.39, 0.29) is 17.0 Å². The topological polar surface area (TPSA) is 0 Å². The van der Waals surface area contributed by atoms with Crippen LogP contribution in [-0.4, -0.2) is 6.16 Å². The molecule has 0 bridgehead atoms. The number of rotatable bonds is 9. The van der Waals surface area contributed by atoms with Crippen LogP contribution in [-0.2, 0) is 12.8 Å². The second-order valence-electron chi connectivity index (χ2n) is 6.66. The summed E-state index contributed by atoms with van der Waals surface area (Å²) < 4.78 is 0. The summed E-state index contributed by atoms with van der Waals surface area (Å²) in [5, 5.41) is 1.49. The molecule has 0 amide bonds. The summed E-state index contributed by atoms with van der Waals surface area (Å²) in [6.45, 7) is 0. The van der Waals surface area contributed by atoms with Gasteiger partial charge in [-0.05, 0) is 54.2 Å². The predicted octanol–water partition coefficient (Wildman–Crippen LogP) is 6.45. The van der Waals surface area contributed by atoms with E-state index >= 15 is 0 Å². The maximum Gasteiger partial charge on any atom is -0.0271 e. The summed E-state index contributed by atoms with van der Waals surface area (Å²) in [5.74, 6) is 0.791. The van der Waals surface area contributed by atoms with Gasteiger partial charge in [0.2, 0.25) is 0 Å². The van der Waals surface area contributed by atoms with Gasteiger partial charge in [0.15, 0.2) is 0 Å².